The van der Waals surface area contributed by atoms with Crippen molar-refractivity contribution in [2.45, 2.75) is 25.7 Å². The van der Waals surface area contributed by atoms with Crippen molar-refractivity contribution in [1.29, 1.82) is 0 Å². The number of nitrogens with zero attached hydrogens (tertiary/aromatic N) is 3. The minimum atomic E-state index is -0.211. The molecule has 6 nitrogen and oxygen atoms in total. The molecule has 0 aromatic rings. The van der Waals surface area contributed by atoms with Gasteiger partial charge in [-0.1, -0.05) is 0 Å². The summed E-state index contributed by atoms with van der Waals surface area (Å²) in [5.41, 5.74) is 0.0112. The molecule has 1 saturated carbocycles. The molecule has 0 N–H and O–H groups in total. The number of ether oxygens (including phenoxy) is 1. The van der Waals surface area contributed by atoms with Gasteiger partial charge in [-0.25, -0.2) is 0 Å². The van der Waals surface area contributed by atoms with Gasteiger partial charge in [-0.05, 0) is 44.1 Å². The number of hydrogen-bond acceptors (Lipinski definition) is 4. The van der Waals surface area contributed by atoms with E-state index in [0.717, 1.165) is 51.9 Å². The largest absolute Gasteiger partial charge is 0.375 e. The van der Waals surface area contributed by atoms with Crippen LogP contribution in [0, 0.1) is 16.7 Å². The highest BCUT2D eigenvalue weighted by atomic mass is 16.5. The van der Waals surface area contributed by atoms with Gasteiger partial charge in [0.05, 0.1) is 5.41 Å². The Morgan fingerprint density at radius 3 is 2.42 bits per heavy atom. The van der Waals surface area contributed by atoms with Gasteiger partial charge < -0.3 is 19.4 Å². The fraction of sp³-hybridized carbons (Fsp3) is 0.889. The Hall–Kier alpha value is -1.14. The number of carbonyl (C=O) groups is 2. The zero-order valence-electron chi connectivity index (χ0n) is 15.5. The summed E-state index contributed by atoms with van der Waals surface area (Å²) in [4.78, 5) is 31.1. The van der Waals surface area contributed by atoms with Crippen LogP contribution in [0.25, 0.3) is 0 Å². The molecule has 6 heteroatoms. The molecule has 2 aliphatic heterocycles. The van der Waals surface area contributed by atoms with E-state index in [1.54, 1.807) is 12.0 Å². The molecular formula is C18H31N3O3. The van der Waals surface area contributed by atoms with Crippen molar-refractivity contribution in [1.82, 2.24) is 14.7 Å². The van der Waals surface area contributed by atoms with Crippen LogP contribution in [0.15, 0.2) is 0 Å². The lowest BCUT2D eigenvalue weighted by atomic mass is 9.65. The Bertz CT molecular complexity index is 514. The maximum Gasteiger partial charge on any atom is 0.248 e. The first kappa shape index (κ1) is 17.7. The van der Waals surface area contributed by atoms with Crippen LogP contribution in [-0.4, -0.2) is 87.6 Å². The van der Waals surface area contributed by atoms with Gasteiger partial charge in [0.25, 0.3) is 0 Å². The van der Waals surface area contributed by atoms with E-state index in [1.165, 1.54) is 0 Å². The smallest absolute Gasteiger partial charge is 0.248 e. The summed E-state index contributed by atoms with van der Waals surface area (Å²) < 4.78 is 4.98. The molecule has 0 aromatic carbocycles. The van der Waals surface area contributed by atoms with E-state index in [1.807, 2.05) is 19.0 Å². The molecule has 2 atom stereocenters. The average Bonchev–Trinajstić information content (AvgIpc) is 3.03. The Morgan fingerprint density at radius 2 is 1.83 bits per heavy atom. The number of carbonyl (C=O) groups excluding carboxylic acids is 2. The maximum atomic E-state index is 13.0. The van der Waals surface area contributed by atoms with Crippen molar-refractivity contribution in [3.63, 3.8) is 0 Å². The molecule has 0 radical (unpaired) electrons. The van der Waals surface area contributed by atoms with E-state index in [-0.39, 0.29) is 23.3 Å². The molecule has 0 bridgehead atoms. The Morgan fingerprint density at radius 1 is 1.17 bits per heavy atom. The second-order valence-corrected chi connectivity index (χ2v) is 8.28. The van der Waals surface area contributed by atoms with E-state index in [0.29, 0.717) is 11.8 Å². The molecule has 136 valence electrons. The van der Waals surface area contributed by atoms with Crippen molar-refractivity contribution in [2.24, 2.45) is 16.7 Å². The molecular weight excluding hydrogens is 306 g/mol. The third kappa shape index (κ3) is 2.64. The third-order valence-electron chi connectivity index (χ3n) is 6.73. The van der Waals surface area contributed by atoms with Crippen LogP contribution in [-0.2, 0) is 14.3 Å². The zero-order chi connectivity index (χ0) is 17.5. The molecule has 2 heterocycles. The normalized spacial score (nSPS) is 32.2. The lowest BCUT2D eigenvalue weighted by Crippen LogP contribution is -2.50. The van der Waals surface area contributed by atoms with Crippen molar-refractivity contribution >= 4 is 11.8 Å². The highest BCUT2D eigenvalue weighted by Gasteiger charge is 2.64. The number of rotatable bonds is 3. The van der Waals surface area contributed by atoms with Crippen molar-refractivity contribution in [2.75, 3.05) is 61.0 Å². The molecule has 3 fully saturated rings. The van der Waals surface area contributed by atoms with Gasteiger partial charge in [0.2, 0.25) is 11.8 Å². The SMILES string of the molecule is COCC(=O)N1CCC2(CC1)CC[C@]1(C(=O)N(C)C)CN(C)C[C@H]21. The van der Waals surface area contributed by atoms with Crippen LogP contribution in [0.1, 0.15) is 25.7 Å². The van der Waals surface area contributed by atoms with Gasteiger partial charge in [0.1, 0.15) is 6.61 Å². The highest BCUT2D eigenvalue weighted by molar-refractivity contribution is 5.84. The lowest BCUT2D eigenvalue weighted by molar-refractivity contribution is -0.143. The van der Waals surface area contributed by atoms with E-state index in [4.69, 9.17) is 4.74 Å². The second kappa shape index (κ2) is 6.30. The highest BCUT2D eigenvalue weighted by Crippen LogP contribution is 2.62. The topological polar surface area (TPSA) is 53.1 Å². The Labute approximate surface area is 145 Å². The monoisotopic (exact) mass is 337 g/mol. The summed E-state index contributed by atoms with van der Waals surface area (Å²) in [6.07, 6.45) is 4.15. The number of hydrogen-bond donors (Lipinski definition) is 0. The van der Waals surface area contributed by atoms with Crippen LogP contribution < -0.4 is 0 Å². The van der Waals surface area contributed by atoms with Crippen molar-refractivity contribution < 1.29 is 14.3 Å². The third-order valence-corrected chi connectivity index (χ3v) is 6.73. The molecule has 1 spiro atoms. The maximum absolute atomic E-state index is 13.0. The number of amides is 2. The van der Waals surface area contributed by atoms with Crippen LogP contribution in [0.2, 0.25) is 0 Å². The minimum absolute atomic E-state index is 0.0875. The summed E-state index contributed by atoms with van der Waals surface area (Å²) in [6, 6.07) is 0. The van der Waals surface area contributed by atoms with Gasteiger partial charge >= 0.3 is 0 Å². The molecule has 2 amide bonds. The molecule has 0 aromatic heterocycles. The lowest BCUT2D eigenvalue weighted by Gasteiger charge is -2.44. The van der Waals surface area contributed by atoms with Gasteiger partial charge in [-0.2, -0.15) is 0 Å². The number of fused-ring (bicyclic) bond motifs is 2. The standard InChI is InChI=1S/C18H31N3O3/c1-19(2)16(23)18-6-5-17(14(18)11-20(3)13-18)7-9-21(10-8-17)15(22)12-24-4/h14H,5-13H2,1-4H3/t14-,18+/m1/s1. The first-order valence-electron chi connectivity index (χ1n) is 9.02. The van der Waals surface area contributed by atoms with Crippen LogP contribution >= 0.6 is 0 Å². The molecule has 3 aliphatic rings. The molecule has 2 saturated heterocycles. The van der Waals surface area contributed by atoms with E-state index < -0.39 is 0 Å². The van der Waals surface area contributed by atoms with Gasteiger partial charge in [-0.3, -0.25) is 9.59 Å². The predicted octanol–water partition coefficient (Wildman–Crippen LogP) is 0.672. The van der Waals surface area contributed by atoms with Gasteiger partial charge in [0.15, 0.2) is 0 Å². The zero-order valence-corrected chi connectivity index (χ0v) is 15.5. The first-order valence-corrected chi connectivity index (χ1v) is 9.02. The summed E-state index contributed by atoms with van der Waals surface area (Å²) in [6.45, 7) is 3.65. The number of piperidine rings is 1. The fourth-order valence-electron chi connectivity index (χ4n) is 5.61. The molecule has 24 heavy (non-hydrogen) atoms. The quantitative estimate of drug-likeness (QED) is 0.760. The van der Waals surface area contributed by atoms with Gasteiger partial charge in [-0.15, -0.1) is 0 Å². The summed E-state index contributed by atoms with van der Waals surface area (Å²) in [5.74, 6) is 0.806. The molecule has 3 rings (SSSR count). The summed E-state index contributed by atoms with van der Waals surface area (Å²) in [7, 11) is 7.46. The summed E-state index contributed by atoms with van der Waals surface area (Å²) >= 11 is 0. The predicted molar refractivity (Wildman–Crippen MR) is 91.5 cm³/mol. The van der Waals surface area contributed by atoms with Crippen molar-refractivity contribution in [3.8, 4) is 0 Å². The van der Waals surface area contributed by atoms with E-state index >= 15 is 0 Å². The average molecular weight is 337 g/mol. The second-order valence-electron chi connectivity index (χ2n) is 8.28. The Kier molecular flexibility index (Phi) is 4.64. The van der Waals surface area contributed by atoms with Crippen molar-refractivity contribution in [3.05, 3.63) is 0 Å². The Balaban J connectivity index is 1.77. The van der Waals surface area contributed by atoms with Gasteiger partial charge in [0, 0.05) is 47.4 Å². The van der Waals surface area contributed by atoms with E-state index in [2.05, 4.69) is 11.9 Å². The summed E-state index contributed by atoms with van der Waals surface area (Å²) in [5, 5.41) is 0. The van der Waals surface area contributed by atoms with E-state index in [9.17, 15) is 9.59 Å². The minimum Gasteiger partial charge on any atom is -0.375 e. The molecule has 1 aliphatic carbocycles. The molecule has 0 unspecified atom stereocenters. The fourth-order valence-corrected chi connectivity index (χ4v) is 5.61. The number of likely N-dealkylation sites (tertiary alicyclic amines) is 2. The first-order chi connectivity index (χ1) is 11.3. The van der Waals surface area contributed by atoms with Crippen LogP contribution in [0.4, 0.5) is 0 Å². The number of methoxy groups -OCH3 is 1. The van der Waals surface area contributed by atoms with Crippen LogP contribution in [0.3, 0.4) is 0 Å². The van der Waals surface area contributed by atoms with Crippen LogP contribution in [0.5, 0.6) is 0 Å².